The molecule has 0 fully saturated rings. The third-order valence-corrected chi connectivity index (χ3v) is 6.27. The summed E-state index contributed by atoms with van der Waals surface area (Å²) in [4.78, 5) is 39.7. The van der Waals surface area contributed by atoms with Crippen molar-refractivity contribution in [3.63, 3.8) is 0 Å². The second-order valence-electron chi connectivity index (χ2n) is 8.59. The van der Waals surface area contributed by atoms with Crippen molar-refractivity contribution in [2.24, 2.45) is 0 Å². The van der Waals surface area contributed by atoms with Gasteiger partial charge in [0.2, 0.25) is 0 Å². The summed E-state index contributed by atoms with van der Waals surface area (Å²) in [6, 6.07) is 6.82. The SMILES string of the molecule is Cc1c(C)c2ccc(O[C@@H](C)C(=O)N[C@@H](Cc3c[nH]c4ccc(O)cc34)C(=O)[O-])c(C)c2oc1=O. The molecule has 0 aliphatic carbocycles. The maximum absolute atomic E-state index is 12.8. The van der Waals surface area contributed by atoms with E-state index in [4.69, 9.17) is 9.15 Å². The summed E-state index contributed by atoms with van der Waals surface area (Å²) in [7, 11) is 0. The number of aromatic nitrogens is 1. The number of carboxylic acid groups (broad SMARTS) is 1. The Bertz CT molecular complexity index is 1520. The molecule has 2 heterocycles. The molecule has 182 valence electrons. The lowest BCUT2D eigenvalue weighted by atomic mass is 10.0. The molecule has 0 radical (unpaired) electrons. The van der Waals surface area contributed by atoms with Crippen molar-refractivity contribution >= 4 is 33.7 Å². The molecule has 3 N–H and O–H groups in total. The van der Waals surface area contributed by atoms with E-state index in [-0.39, 0.29) is 12.2 Å². The summed E-state index contributed by atoms with van der Waals surface area (Å²) in [6.07, 6.45) is 0.531. The molecule has 4 aromatic rings. The van der Waals surface area contributed by atoms with Crippen LogP contribution in [0.25, 0.3) is 21.9 Å². The molecule has 2 aromatic carbocycles. The Hall–Kier alpha value is -4.27. The highest BCUT2D eigenvalue weighted by Crippen LogP contribution is 2.30. The minimum absolute atomic E-state index is 0.0429. The van der Waals surface area contributed by atoms with Crippen LogP contribution < -0.4 is 20.8 Å². The van der Waals surface area contributed by atoms with Gasteiger partial charge in [-0.15, -0.1) is 0 Å². The molecule has 1 amide bonds. The third-order valence-electron chi connectivity index (χ3n) is 6.27. The van der Waals surface area contributed by atoms with E-state index in [0.717, 1.165) is 16.5 Å². The lowest BCUT2D eigenvalue weighted by Crippen LogP contribution is -2.52. The van der Waals surface area contributed by atoms with Crippen LogP contribution in [0.15, 0.2) is 45.7 Å². The van der Waals surface area contributed by atoms with E-state index in [9.17, 15) is 24.6 Å². The first-order valence-corrected chi connectivity index (χ1v) is 11.1. The highest BCUT2D eigenvalue weighted by Gasteiger charge is 2.23. The number of nitrogens with one attached hydrogen (secondary N) is 2. The number of carbonyl (C=O) groups excluding carboxylic acids is 2. The van der Waals surface area contributed by atoms with E-state index in [1.807, 2.05) is 6.92 Å². The lowest BCUT2D eigenvalue weighted by molar-refractivity contribution is -0.308. The van der Waals surface area contributed by atoms with Crippen LogP contribution in [0.2, 0.25) is 0 Å². The highest BCUT2D eigenvalue weighted by molar-refractivity contribution is 5.89. The van der Waals surface area contributed by atoms with Crippen molar-refractivity contribution in [3.05, 3.63) is 69.2 Å². The smallest absolute Gasteiger partial charge is 0.339 e. The molecule has 0 saturated carbocycles. The molecular formula is C26H25N2O7-. The van der Waals surface area contributed by atoms with Crippen LogP contribution in [-0.4, -0.2) is 34.1 Å². The Morgan fingerprint density at radius 3 is 2.57 bits per heavy atom. The molecule has 0 aliphatic rings. The average Bonchev–Trinajstić information content (AvgIpc) is 3.20. The van der Waals surface area contributed by atoms with E-state index in [0.29, 0.717) is 33.4 Å². The Morgan fingerprint density at radius 1 is 1.11 bits per heavy atom. The number of hydrogen-bond acceptors (Lipinski definition) is 7. The number of H-pyrrole nitrogens is 1. The molecule has 2 aromatic heterocycles. The number of amides is 1. The van der Waals surface area contributed by atoms with Crippen LogP contribution in [-0.2, 0) is 16.0 Å². The summed E-state index contributed by atoms with van der Waals surface area (Å²) in [5.41, 5.74) is 3.14. The maximum Gasteiger partial charge on any atom is 0.339 e. The number of aryl methyl sites for hydroxylation is 2. The van der Waals surface area contributed by atoms with E-state index in [1.165, 1.54) is 19.1 Å². The van der Waals surface area contributed by atoms with Crippen LogP contribution in [0.3, 0.4) is 0 Å². The predicted octanol–water partition coefficient (Wildman–Crippen LogP) is 2.15. The number of phenolic OH excluding ortho intramolecular Hbond substituents is 1. The number of phenols is 1. The first kappa shape index (κ1) is 23.9. The summed E-state index contributed by atoms with van der Waals surface area (Å²) in [5.74, 6) is -1.72. The Kier molecular flexibility index (Phi) is 6.26. The van der Waals surface area contributed by atoms with Gasteiger partial charge in [-0.25, -0.2) is 4.79 Å². The molecule has 0 spiro atoms. The van der Waals surface area contributed by atoms with Crippen LogP contribution in [0, 0.1) is 20.8 Å². The zero-order valence-corrected chi connectivity index (χ0v) is 19.7. The van der Waals surface area contributed by atoms with Gasteiger partial charge < -0.3 is 34.5 Å². The number of aliphatic carboxylic acids is 1. The van der Waals surface area contributed by atoms with Crippen LogP contribution in [0.5, 0.6) is 11.5 Å². The number of rotatable bonds is 7. The number of aromatic hydroxyl groups is 1. The van der Waals surface area contributed by atoms with Gasteiger partial charge in [-0.3, -0.25) is 4.79 Å². The fourth-order valence-electron chi connectivity index (χ4n) is 4.03. The number of carboxylic acids is 1. The summed E-state index contributed by atoms with van der Waals surface area (Å²) >= 11 is 0. The van der Waals surface area contributed by atoms with E-state index in [1.54, 1.807) is 38.2 Å². The molecule has 9 nitrogen and oxygen atoms in total. The number of ether oxygens (including phenoxy) is 1. The maximum atomic E-state index is 12.8. The van der Waals surface area contributed by atoms with Crippen molar-refractivity contribution in [2.45, 2.75) is 46.3 Å². The fourth-order valence-corrected chi connectivity index (χ4v) is 4.03. The second-order valence-corrected chi connectivity index (χ2v) is 8.59. The second kappa shape index (κ2) is 9.17. The van der Waals surface area contributed by atoms with Crippen LogP contribution in [0.1, 0.15) is 29.2 Å². The molecule has 35 heavy (non-hydrogen) atoms. The molecule has 4 rings (SSSR count). The van der Waals surface area contributed by atoms with Gasteiger partial charge in [0.1, 0.15) is 17.1 Å². The standard InChI is InChI=1S/C26H26N2O7/c1-12-13(2)26(33)35-23-14(3)22(8-6-18(12)23)34-15(4)24(30)28-21(25(31)32)9-16-11-27-20-7-5-17(29)10-19(16)20/h5-8,10-11,15,21,27,29H,9H2,1-4H3,(H,28,30)(H,31,32)/p-1/t15-,21-/m0/s1. The lowest BCUT2D eigenvalue weighted by Gasteiger charge is -2.23. The third kappa shape index (κ3) is 4.57. The van der Waals surface area contributed by atoms with Gasteiger partial charge in [0.15, 0.2) is 6.10 Å². The molecule has 0 aliphatic heterocycles. The van der Waals surface area contributed by atoms with E-state index in [2.05, 4.69) is 10.3 Å². The van der Waals surface area contributed by atoms with E-state index < -0.39 is 29.6 Å². The number of hydrogen-bond donors (Lipinski definition) is 3. The minimum atomic E-state index is -1.45. The van der Waals surface area contributed by atoms with Gasteiger partial charge in [0, 0.05) is 40.0 Å². The Morgan fingerprint density at radius 2 is 1.86 bits per heavy atom. The van der Waals surface area contributed by atoms with E-state index >= 15 is 0 Å². The number of carbonyl (C=O) groups is 2. The summed E-state index contributed by atoms with van der Waals surface area (Å²) < 4.78 is 11.2. The zero-order valence-electron chi connectivity index (χ0n) is 19.7. The molecular weight excluding hydrogens is 452 g/mol. The molecule has 0 saturated heterocycles. The molecule has 9 heteroatoms. The van der Waals surface area contributed by atoms with Crippen LogP contribution in [0.4, 0.5) is 0 Å². The van der Waals surface area contributed by atoms with Crippen molar-refractivity contribution in [1.29, 1.82) is 0 Å². The van der Waals surface area contributed by atoms with Crippen molar-refractivity contribution < 1.29 is 29.0 Å². The van der Waals surface area contributed by atoms with Gasteiger partial charge >= 0.3 is 5.63 Å². The van der Waals surface area contributed by atoms with Crippen molar-refractivity contribution in [2.75, 3.05) is 0 Å². The average molecular weight is 477 g/mol. The van der Waals surface area contributed by atoms with Gasteiger partial charge in [0.25, 0.3) is 5.91 Å². The summed E-state index contributed by atoms with van der Waals surface area (Å²) in [5, 5.41) is 25.4. The molecule has 2 atom stereocenters. The Labute approximate surface area is 200 Å². The monoisotopic (exact) mass is 477 g/mol. The topological polar surface area (TPSA) is 145 Å². The Balaban J connectivity index is 1.52. The van der Waals surface area contributed by atoms with Gasteiger partial charge in [-0.05, 0) is 69.2 Å². The zero-order chi connectivity index (χ0) is 25.4. The normalized spacial score (nSPS) is 13.0. The van der Waals surface area contributed by atoms with Gasteiger partial charge in [-0.2, -0.15) is 0 Å². The number of fused-ring (bicyclic) bond motifs is 2. The molecule has 0 unspecified atom stereocenters. The molecule has 0 bridgehead atoms. The predicted molar refractivity (Wildman–Crippen MR) is 127 cm³/mol. The fraction of sp³-hybridized carbons (Fsp3) is 0.269. The minimum Gasteiger partial charge on any atom is -0.548 e. The van der Waals surface area contributed by atoms with Gasteiger partial charge in [-0.1, -0.05) is 0 Å². The highest BCUT2D eigenvalue weighted by atomic mass is 16.5. The van der Waals surface area contributed by atoms with Crippen molar-refractivity contribution in [3.8, 4) is 11.5 Å². The van der Waals surface area contributed by atoms with Crippen LogP contribution >= 0.6 is 0 Å². The quantitative estimate of drug-likeness (QED) is 0.346. The number of aromatic amines is 1. The first-order valence-electron chi connectivity index (χ1n) is 11.1. The summed E-state index contributed by atoms with van der Waals surface area (Å²) in [6.45, 7) is 6.74. The largest absolute Gasteiger partial charge is 0.548 e. The first-order chi connectivity index (χ1) is 16.6. The van der Waals surface area contributed by atoms with Crippen molar-refractivity contribution in [1.82, 2.24) is 10.3 Å². The number of benzene rings is 2. The van der Waals surface area contributed by atoms with Gasteiger partial charge in [0.05, 0.1) is 12.0 Å².